The lowest BCUT2D eigenvalue weighted by atomic mass is 10.1. The minimum absolute atomic E-state index is 0.309. The number of rotatable bonds is 3. The Hall–Kier alpha value is -2.17. The molecular formula is C14H17N5. The second-order valence-corrected chi connectivity index (χ2v) is 4.64. The highest BCUT2D eigenvalue weighted by Crippen LogP contribution is 2.34. The molecule has 19 heavy (non-hydrogen) atoms. The molecule has 0 bridgehead atoms. The summed E-state index contributed by atoms with van der Waals surface area (Å²) in [5.41, 5.74) is 2.23. The average molecular weight is 255 g/mol. The molecule has 1 saturated heterocycles. The first-order valence-corrected chi connectivity index (χ1v) is 6.55. The van der Waals surface area contributed by atoms with Gasteiger partial charge in [-0.1, -0.05) is 0 Å². The zero-order valence-electron chi connectivity index (χ0n) is 11.0. The van der Waals surface area contributed by atoms with Crippen LogP contribution >= 0.6 is 0 Å². The maximum Gasteiger partial charge on any atom is 0.144 e. The first-order chi connectivity index (χ1) is 9.38. The molecule has 3 rings (SSSR count). The van der Waals surface area contributed by atoms with Crippen molar-refractivity contribution in [3.05, 3.63) is 42.6 Å². The van der Waals surface area contributed by atoms with E-state index in [2.05, 4.69) is 25.2 Å². The van der Waals surface area contributed by atoms with Crippen LogP contribution in [-0.4, -0.2) is 28.5 Å². The van der Waals surface area contributed by atoms with Gasteiger partial charge in [-0.25, -0.2) is 4.98 Å². The fourth-order valence-corrected chi connectivity index (χ4v) is 2.58. The Bertz CT molecular complexity index is 543. The van der Waals surface area contributed by atoms with Gasteiger partial charge in [0, 0.05) is 31.7 Å². The zero-order valence-corrected chi connectivity index (χ0v) is 11.0. The van der Waals surface area contributed by atoms with Gasteiger partial charge in [-0.15, -0.1) is 0 Å². The minimum atomic E-state index is 0.309. The van der Waals surface area contributed by atoms with Gasteiger partial charge in [-0.3, -0.25) is 9.97 Å². The van der Waals surface area contributed by atoms with Crippen LogP contribution in [0.15, 0.2) is 36.9 Å². The van der Waals surface area contributed by atoms with Gasteiger partial charge in [-0.05, 0) is 25.0 Å². The van der Waals surface area contributed by atoms with E-state index in [-0.39, 0.29) is 0 Å². The van der Waals surface area contributed by atoms with Crippen molar-refractivity contribution in [1.82, 2.24) is 15.0 Å². The molecule has 1 atom stereocenters. The molecule has 0 amide bonds. The Morgan fingerprint density at radius 3 is 2.84 bits per heavy atom. The summed E-state index contributed by atoms with van der Waals surface area (Å²) in [6.07, 6.45) is 9.57. The van der Waals surface area contributed by atoms with Crippen LogP contribution in [0.5, 0.6) is 0 Å². The maximum atomic E-state index is 4.62. The van der Waals surface area contributed by atoms with Gasteiger partial charge < -0.3 is 10.2 Å². The topological polar surface area (TPSA) is 53.9 Å². The van der Waals surface area contributed by atoms with Crippen LogP contribution in [0, 0.1) is 0 Å². The lowest BCUT2D eigenvalue weighted by molar-refractivity contribution is 0.690. The lowest BCUT2D eigenvalue weighted by Gasteiger charge is -2.26. The molecule has 1 aliphatic heterocycles. The van der Waals surface area contributed by atoms with E-state index in [1.807, 2.05) is 37.8 Å². The van der Waals surface area contributed by atoms with Gasteiger partial charge in [0.25, 0.3) is 0 Å². The normalized spacial score (nSPS) is 18.6. The molecule has 0 radical (unpaired) electrons. The second-order valence-electron chi connectivity index (χ2n) is 4.64. The van der Waals surface area contributed by atoms with E-state index in [0.717, 1.165) is 24.5 Å². The van der Waals surface area contributed by atoms with Crippen LogP contribution in [0.4, 0.5) is 11.5 Å². The van der Waals surface area contributed by atoms with Crippen LogP contribution in [0.2, 0.25) is 0 Å². The molecule has 1 fully saturated rings. The van der Waals surface area contributed by atoms with E-state index < -0.39 is 0 Å². The van der Waals surface area contributed by atoms with Crippen molar-refractivity contribution in [3.8, 4) is 0 Å². The molecule has 2 aromatic heterocycles. The predicted octanol–water partition coefficient (Wildman–Crippen LogP) is 2.25. The average Bonchev–Trinajstić information content (AvgIpc) is 2.98. The van der Waals surface area contributed by atoms with Gasteiger partial charge in [0.2, 0.25) is 0 Å². The number of nitrogens with zero attached hydrogens (tertiary/aromatic N) is 4. The third-order valence-electron chi connectivity index (χ3n) is 3.50. The monoisotopic (exact) mass is 255 g/mol. The van der Waals surface area contributed by atoms with Gasteiger partial charge in [0.15, 0.2) is 0 Å². The van der Waals surface area contributed by atoms with Gasteiger partial charge in [0.1, 0.15) is 5.82 Å². The maximum absolute atomic E-state index is 4.62. The Morgan fingerprint density at radius 2 is 2.05 bits per heavy atom. The molecule has 98 valence electrons. The predicted molar refractivity (Wildman–Crippen MR) is 75.1 cm³/mol. The molecule has 1 unspecified atom stereocenters. The van der Waals surface area contributed by atoms with Crippen LogP contribution in [0.25, 0.3) is 0 Å². The molecule has 0 aromatic carbocycles. The first kappa shape index (κ1) is 11.9. The van der Waals surface area contributed by atoms with Crippen LogP contribution in [0.1, 0.15) is 24.6 Å². The summed E-state index contributed by atoms with van der Waals surface area (Å²) in [5, 5.41) is 3.04. The van der Waals surface area contributed by atoms with Crippen molar-refractivity contribution in [2.75, 3.05) is 23.8 Å². The second kappa shape index (κ2) is 5.22. The van der Waals surface area contributed by atoms with E-state index in [1.165, 1.54) is 12.1 Å². The fraction of sp³-hybridized carbons (Fsp3) is 0.357. The molecule has 5 heteroatoms. The Balaban J connectivity index is 1.90. The van der Waals surface area contributed by atoms with Gasteiger partial charge in [-0.2, -0.15) is 0 Å². The number of hydrogen-bond donors (Lipinski definition) is 1. The molecule has 1 N–H and O–H groups in total. The summed E-state index contributed by atoms with van der Waals surface area (Å²) >= 11 is 0. The zero-order chi connectivity index (χ0) is 13.1. The van der Waals surface area contributed by atoms with Gasteiger partial charge in [0.05, 0.1) is 24.1 Å². The van der Waals surface area contributed by atoms with E-state index in [0.29, 0.717) is 6.04 Å². The van der Waals surface area contributed by atoms with Gasteiger partial charge >= 0.3 is 0 Å². The van der Waals surface area contributed by atoms with Crippen molar-refractivity contribution < 1.29 is 0 Å². The van der Waals surface area contributed by atoms with Crippen LogP contribution < -0.4 is 10.2 Å². The van der Waals surface area contributed by atoms with Crippen molar-refractivity contribution in [2.24, 2.45) is 0 Å². The highest BCUT2D eigenvalue weighted by molar-refractivity contribution is 5.48. The standard InChI is InChI=1S/C14H17N5/c1-15-14-10-17-9-12(18-14)13-3-2-8-19(13)11-4-6-16-7-5-11/h4-7,9-10,13H,2-3,8H2,1H3,(H,15,18). The minimum Gasteiger partial charge on any atom is -0.372 e. The molecule has 2 aromatic rings. The number of aromatic nitrogens is 3. The van der Waals surface area contributed by atoms with E-state index >= 15 is 0 Å². The summed E-state index contributed by atoms with van der Waals surface area (Å²) in [6, 6.07) is 4.41. The van der Waals surface area contributed by atoms with E-state index in [1.54, 1.807) is 6.20 Å². The Labute approximate surface area is 112 Å². The molecule has 0 saturated carbocycles. The summed E-state index contributed by atoms with van der Waals surface area (Å²) in [5.74, 6) is 0.819. The molecule has 0 aliphatic carbocycles. The molecule has 1 aliphatic rings. The van der Waals surface area contributed by atoms with Crippen molar-refractivity contribution in [2.45, 2.75) is 18.9 Å². The Kier molecular flexibility index (Phi) is 3.27. The number of hydrogen-bond acceptors (Lipinski definition) is 5. The van der Waals surface area contributed by atoms with Crippen LogP contribution in [0.3, 0.4) is 0 Å². The first-order valence-electron chi connectivity index (χ1n) is 6.55. The highest BCUT2D eigenvalue weighted by atomic mass is 15.2. The quantitative estimate of drug-likeness (QED) is 0.911. The van der Waals surface area contributed by atoms with E-state index in [9.17, 15) is 0 Å². The summed E-state index contributed by atoms with van der Waals surface area (Å²) < 4.78 is 0. The highest BCUT2D eigenvalue weighted by Gasteiger charge is 2.27. The smallest absolute Gasteiger partial charge is 0.144 e. The van der Waals surface area contributed by atoms with E-state index in [4.69, 9.17) is 0 Å². The molecule has 3 heterocycles. The fourth-order valence-electron chi connectivity index (χ4n) is 2.58. The van der Waals surface area contributed by atoms with Crippen LogP contribution in [-0.2, 0) is 0 Å². The largest absolute Gasteiger partial charge is 0.372 e. The summed E-state index contributed by atoms with van der Waals surface area (Å²) in [6.45, 7) is 1.06. The number of anilines is 2. The molecule has 0 spiro atoms. The summed E-state index contributed by atoms with van der Waals surface area (Å²) in [4.78, 5) is 15.3. The van der Waals surface area contributed by atoms with Crippen molar-refractivity contribution in [3.63, 3.8) is 0 Å². The lowest BCUT2D eigenvalue weighted by Crippen LogP contribution is -2.23. The van der Waals surface area contributed by atoms with Crippen molar-refractivity contribution >= 4 is 11.5 Å². The Morgan fingerprint density at radius 1 is 1.21 bits per heavy atom. The number of nitrogens with one attached hydrogen (secondary N) is 1. The summed E-state index contributed by atoms with van der Waals surface area (Å²) in [7, 11) is 1.86. The molecule has 5 nitrogen and oxygen atoms in total. The third-order valence-corrected chi connectivity index (χ3v) is 3.50. The SMILES string of the molecule is CNc1cncc(C2CCCN2c2ccncc2)n1. The number of pyridine rings is 1. The third kappa shape index (κ3) is 2.36. The molecular weight excluding hydrogens is 238 g/mol. The van der Waals surface area contributed by atoms with Crippen molar-refractivity contribution in [1.29, 1.82) is 0 Å².